The Hall–Kier alpha value is -1.26. The van der Waals surface area contributed by atoms with Crippen LogP contribution in [0.5, 0.6) is 0 Å². The average Bonchev–Trinajstić information content (AvgIpc) is 3.09. The number of amides is 1. The van der Waals surface area contributed by atoms with Crippen LogP contribution in [0.3, 0.4) is 0 Å². The van der Waals surface area contributed by atoms with E-state index in [9.17, 15) is 4.79 Å². The molecule has 0 radical (unpaired) electrons. The lowest BCUT2D eigenvalue weighted by Crippen LogP contribution is -2.38. The van der Waals surface area contributed by atoms with Crippen LogP contribution in [-0.4, -0.2) is 30.2 Å². The van der Waals surface area contributed by atoms with Gasteiger partial charge in [0.25, 0.3) is 5.91 Å². The molecule has 2 aromatic rings. The quantitative estimate of drug-likeness (QED) is 0.777. The highest BCUT2D eigenvalue weighted by Gasteiger charge is 2.25. The number of nitrogens with zero attached hydrogens (tertiary/aromatic N) is 1. The van der Waals surface area contributed by atoms with Gasteiger partial charge in [-0.1, -0.05) is 12.1 Å². The first-order valence-electron chi connectivity index (χ1n) is 7.24. The van der Waals surface area contributed by atoms with Crippen LogP contribution in [0.25, 0.3) is 0 Å². The van der Waals surface area contributed by atoms with E-state index >= 15 is 0 Å². The van der Waals surface area contributed by atoms with Crippen LogP contribution < -0.4 is 0 Å². The molecule has 0 atom stereocenters. The van der Waals surface area contributed by atoms with Crippen LogP contribution in [0.1, 0.15) is 34.7 Å². The van der Waals surface area contributed by atoms with Gasteiger partial charge in [0.1, 0.15) is 0 Å². The summed E-state index contributed by atoms with van der Waals surface area (Å²) >= 11 is 3.40. The Kier molecular flexibility index (Phi) is 4.66. The molecule has 2 heterocycles. The molecule has 4 heteroatoms. The topological polar surface area (TPSA) is 20.3 Å². The first kappa shape index (κ1) is 14.7. The van der Waals surface area contributed by atoms with Crippen molar-refractivity contribution >= 4 is 29.0 Å². The maximum absolute atomic E-state index is 12.7. The molecule has 1 amide bonds. The highest BCUT2D eigenvalue weighted by molar-refractivity contribution is 7.98. The minimum Gasteiger partial charge on any atom is -0.339 e. The molecule has 0 spiro atoms. The first-order valence-corrected chi connectivity index (χ1v) is 9.40. The van der Waals surface area contributed by atoms with Crippen molar-refractivity contribution < 1.29 is 4.79 Å². The van der Waals surface area contributed by atoms with Gasteiger partial charge in [-0.2, -0.15) is 11.3 Å². The van der Waals surface area contributed by atoms with Gasteiger partial charge in [0.05, 0.1) is 5.56 Å². The van der Waals surface area contributed by atoms with E-state index in [0.717, 1.165) is 36.4 Å². The zero-order valence-electron chi connectivity index (χ0n) is 12.1. The zero-order valence-corrected chi connectivity index (χ0v) is 13.8. The van der Waals surface area contributed by atoms with Gasteiger partial charge >= 0.3 is 0 Å². The van der Waals surface area contributed by atoms with E-state index in [1.54, 1.807) is 23.1 Å². The fraction of sp³-hybridized carbons (Fsp3) is 0.353. The third-order valence-corrected chi connectivity index (χ3v) is 5.63. The van der Waals surface area contributed by atoms with E-state index in [1.807, 2.05) is 35.4 Å². The van der Waals surface area contributed by atoms with Gasteiger partial charge < -0.3 is 4.90 Å². The van der Waals surface area contributed by atoms with E-state index in [1.165, 1.54) is 5.56 Å². The molecular formula is C17H19NOS2. The molecule has 1 aromatic carbocycles. The normalized spacial score (nSPS) is 16.1. The molecule has 1 aliphatic heterocycles. The van der Waals surface area contributed by atoms with Crippen LogP contribution in [0.4, 0.5) is 0 Å². The number of likely N-dealkylation sites (tertiary alicyclic amines) is 1. The molecule has 1 saturated heterocycles. The van der Waals surface area contributed by atoms with Gasteiger partial charge in [-0.15, -0.1) is 11.8 Å². The lowest BCUT2D eigenvalue weighted by atomic mass is 9.91. The molecule has 0 unspecified atom stereocenters. The van der Waals surface area contributed by atoms with E-state index < -0.39 is 0 Å². The second-order valence-corrected chi connectivity index (χ2v) is 6.95. The molecule has 0 N–H and O–H groups in total. The van der Waals surface area contributed by atoms with Crippen molar-refractivity contribution in [2.45, 2.75) is 23.7 Å². The van der Waals surface area contributed by atoms with E-state index in [4.69, 9.17) is 0 Å². The highest BCUT2D eigenvalue weighted by atomic mass is 32.2. The Balaban J connectivity index is 1.68. The van der Waals surface area contributed by atoms with Crippen molar-refractivity contribution in [3.8, 4) is 0 Å². The molecule has 21 heavy (non-hydrogen) atoms. The molecule has 0 saturated carbocycles. The summed E-state index contributed by atoms with van der Waals surface area (Å²) < 4.78 is 0. The van der Waals surface area contributed by atoms with Gasteiger partial charge in [0.15, 0.2) is 0 Å². The van der Waals surface area contributed by atoms with Crippen LogP contribution in [0.15, 0.2) is 46.0 Å². The number of hydrogen-bond acceptors (Lipinski definition) is 3. The van der Waals surface area contributed by atoms with Gasteiger partial charge in [-0.3, -0.25) is 4.79 Å². The maximum Gasteiger partial charge on any atom is 0.254 e. The minimum atomic E-state index is 0.184. The van der Waals surface area contributed by atoms with Crippen LogP contribution in [0, 0.1) is 0 Å². The Morgan fingerprint density at radius 1 is 1.24 bits per heavy atom. The lowest BCUT2D eigenvalue weighted by molar-refractivity contribution is 0.0709. The first-order chi connectivity index (χ1) is 10.3. The molecule has 2 nitrogen and oxygen atoms in total. The number of benzene rings is 1. The number of thiophene rings is 1. The summed E-state index contributed by atoms with van der Waals surface area (Å²) in [5.41, 5.74) is 2.29. The Morgan fingerprint density at radius 2 is 2.00 bits per heavy atom. The fourth-order valence-electron chi connectivity index (χ4n) is 2.91. The number of piperidine rings is 1. The monoisotopic (exact) mass is 317 g/mol. The number of hydrogen-bond donors (Lipinski definition) is 0. The van der Waals surface area contributed by atoms with Crippen molar-refractivity contribution in [1.82, 2.24) is 4.90 Å². The predicted molar refractivity (Wildman–Crippen MR) is 90.4 cm³/mol. The van der Waals surface area contributed by atoms with Gasteiger partial charge in [-0.25, -0.2) is 0 Å². The van der Waals surface area contributed by atoms with Crippen molar-refractivity contribution in [2.24, 2.45) is 0 Å². The molecule has 1 fully saturated rings. The fourth-order valence-corrected chi connectivity index (χ4v) is 4.25. The average molecular weight is 317 g/mol. The number of rotatable bonds is 3. The second-order valence-electron chi connectivity index (χ2n) is 5.32. The van der Waals surface area contributed by atoms with Crippen LogP contribution in [-0.2, 0) is 0 Å². The molecular weight excluding hydrogens is 298 g/mol. The summed E-state index contributed by atoms with van der Waals surface area (Å²) in [7, 11) is 0. The third-order valence-electron chi connectivity index (χ3n) is 4.13. The summed E-state index contributed by atoms with van der Waals surface area (Å²) in [4.78, 5) is 15.8. The van der Waals surface area contributed by atoms with Crippen molar-refractivity contribution in [2.75, 3.05) is 19.3 Å². The summed E-state index contributed by atoms with van der Waals surface area (Å²) in [6, 6.07) is 10.1. The smallest absolute Gasteiger partial charge is 0.254 e. The largest absolute Gasteiger partial charge is 0.339 e. The van der Waals surface area contributed by atoms with Crippen molar-refractivity contribution in [1.29, 1.82) is 0 Å². The molecule has 1 aromatic heterocycles. The van der Waals surface area contributed by atoms with Crippen molar-refractivity contribution in [3.63, 3.8) is 0 Å². The number of thioether (sulfide) groups is 1. The molecule has 0 aliphatic carbocycles. The van der Waals surface area contributed by atoms with E-state index in [0.29, 0.717) is 5.92 Å². The summed E-state index contributed by atoms with van der Waals surface area (Å²) in [5.74, 6) is 0.805. The highest BCUT2D eigenvalue weighted by Crippen LogP contribution is 2.30. The third kappa shape index (κ3) is 3.16. The second kappa shape index (κ2) is 6.67. The minimum absolute atomic E-state index is 0.184. The van der Waals surface area contributed by atoms with E-state index in [-0.39, 0.29) is 5.91 Å². The Labute approximate surface area is 134 Å². The van der Waals surface area contributed by atoms with Crippen molar-refractivity contribution in [3.05, 3.63) is 52.2 Å². The van der Waals surface area contributed by atoms with Gasteiger partial charge in [0, 0.05) is 18.0 Å². The zero-order chi connectivity index (χ0) is 14.7. The van der Waals surface area contributed by atoms with E-state index in [2.05, 4.69) is 16.8 Å². The van der Waals surface area contributed by atoms with Crippen LogP contribution in [0.2, 0.25) is 0 Å². The summed E-state index contributed by atoms with van der Waals surface area (Å²) in [5, 5.41) is 4.38. The Bertz CT molecular complexity index is 601. The molecule has 110 valence electrons. The van der Waals surface area contributed by atoms with Crippen LogP contribution >= 0.6 is 23.1 Å². The lowest BCUT2D eigenvalue weighted by Gasteiger charge is -2.32. The van der Waals surface area contributed by atoms with Gasteiger partial charge in [-0.05, 0) is 59.5 Å². The Morgan fingerprint density at radius 3 is 2.67 bits per heavy atom. The summed E-state index contributed by atoms with van der Waals surface area (Å²) in [6.45, 7) is 1.73. The van der Waals surface area contributed by atoms with Gasteiger partial charge in [0.2, 0.25) is 0 Å². The standard InChI is InChI=1S/C17H19NOS2/c1-20-16-5-3-2-4-15(16)17(19)18-9-6-13(7-10-18)14-8-11-21-12-14/h2-5,8,11-13H,6-7,9-10H2,1H3. The number of carbonyl (C=O) groups excluding carboxylic acids is 1. The SMILES string of the molecule is CSc1ccccc1C(=O)N1CCC(c2ccsc2)CC1. The molecule has 1 aliphatic rings. The molecule has 3 rings (SSSR count). The number of carbonyl (C=O) groups is 1. The summed E-state index contributed by atoms with van der Waals surface area (Å²) in [6.07, 6.45) is 4.17. The predicted octanol–water partition coefficient (Wildman–Crippen LogP) is 4.49. The maximum atomic E-state index is 12.7. The molecule has 0 bridgehead atoms.